The summed E-state index contributed by atoms with van der Waals surface area (Å²) in [6, 6.07) is 0.733. The van der Waals surface area contributed by atoms with Crippen molar-refractivity contribution < 1.29 is 32.1 Å². The number of unbranched alkanes of at least 4 members (excludes halogenated alkanes) is 8. The first-order valence-electron chi connectivity index (χ1n) is 13.4. The van der Waals surface area contributed by atoms with Crippen LogP contribution in [0.15, 0.2) is 6.07 Å². The summed E-state index contributed by atoms with van der Waals surface area (Å²) in [4.78, 5) is 0. The molecule has 7 heteroatoms. The fraction of sp³-hybridized carbons (Fsp3) is 0.786. The lowest BCUT2D eigenvalue weighted by atomic mass is 9.91. The fourth-order valence-electron chi connectivity index (χ4n) is 4.44. The van der Waals surface area contributed by atoms with E-state index < -0.39 is 29.2 Å². The molecule has 0 amide bonds. The Morgan fingerprint density at radius 2 is 1.20 bits per heavy atom. The number of rotatable bonds is 19. The largest absolute Gasteiger partial charge is 0.343 e. The maximum atomic E-state index is 13.8. The van der Waals surface area contributed by atoms with E-state index >= 15 is 0 Å². The molecule has 35 heavy (non-hydrogen) atoms. The molecule has 1 N–H and O–H groups in total. The summed E-state index contributed by atoms with van der Waals surface area (Å²) in [5.74, 6) is -8.06. The average Bonchev–Trinajstić information content (AvgIpc) is 2.77. The molecule has 0 heterocycles. The second-order valence-corrected chi connectivity index (χ2v) is 10.1. The molecule has 1 unspecified atom stereocenters. The first-order valence-corrected chi connectivity index (χ1v) is 13.4. The highest BCUT2D eigenvalue weighted by molar-refractivity contribution is 5.21. The summed E-state index contributed by atoms with van der Waals surface area (Å²) in [5, 5.41) is 11.3. The number of ether oxygens (including phenoxy) is 2. The highest BCUT2D eigenvalue weighted by atomic mass is 19.2. The molecule has 0 saturated carbocycles. The van der Waals surface area contributed by atoms with E-state index in [0.29, 0.717) is 12.8 Å². The van der Waals surface area contributed by atoms with Gasteiger partial charge in [-0.15, -0.1) is 0 Å². The molecule has 0 aliphatic carbocycles. The predicted octanol–water partition coefficient (Wildman–Crippen LogP) is 8.60. The molecular formula is C28H46F4O3. The molecule has 1 atom stereocenters. The van der Waals surface area contributed by atoms with E-state index in [1.165, 1.54) is 25.7 Å². The van der Waals surface area contributed by atoms with Gasteiger partial charge in [0.15, 0.2) is 23.3 Å². The van der Waals surface area contributed by atoms with Crippen molar-refractivity contribution in [2.24, 2.45) is 5.92 Å². The summed E-state index contributed by atoms with van der Waals surface area (Å²) in [6.45, 7) is 9.68. The zero-order valence-corrected chi connectivity index (χ0v) is 22.3. The van der Waals surface area contributed by atoms with Crippen LogP contribution in [0.4, 0.5) is 17.6 Å². The van der Waals surface area contributed by atoms with E-state index in [9.17, 15) is 22.7 Å². The molecule has 0 aromatic heterocycles. The van der Waals surface area contributed by atoms with Crippen molar-refractivity contribution in [2.75, 3.05) is 0 Å². The molecule has 0 aliphatic heterocycles. The van der Waals surface area contributed by atoms with Crippen LogP contribution >= 0.6 is 0 Å². The molecule has 0 radical (unpaired) electrons. The second-order valence-electron chi connectivity index (χ2n) is 10.1. The maximum Gasteiger partial charge on any atom is 0.283 e. The monoisotopic (exact) mass is 506 g/mol. The quantitative estimate of drug-likeness (QED) is 0.0671. The van der Waals surface area contributed by atoms with Gasteiger partial charge in [-0.2, -0.15) is 0 Å². The Balaban J connectivity index is 2.63. The minimum Gasteiger partial charge on any atom is -0.343 e. The lowest BCUT2D eigenvalue weighted by Gasteiger charge is -2.38. The number of hydrogen-bond acceptors (Lipinski definition) is 3. The van der Waals surface area contributed by atoms with Crippen LogP contribution < -0.4 is 0 Å². The van der Waals surface area contributed by atoms with Gasteiger partial charge in [-0.3, -0.25) is 0 Å². The predicted molar refractivity (Wildman–Crippen MR) is 132 cm³/mol. The molecule has 0 spiro atoms. The molecule has 1 aromatic rings. The first-order chi connectivity index (χ1) is 16.5. The SMILES string of the molecule is CCCCCCCCC(CCCCCCc1cc(F)c(F)c(F)c1F)C(O)(OC(C)C)OC(C)C. The molecular weight excluding hydrogens is 460 g/mol. The van der Waals surface area contributed by atoms with E-state index in [0.717, 1.165) is 44.6 Å². The number of aryl methyl sites for hydroxylation is 1. The summed E-state index contributed by atoms with van der Waals surface area (Å²) >= 11 is 0. The molecule has 0 bridgehead atoms. The lowest BCUT2D eigenvalue weighted by Crippen LogP contribution is -2.47. The Labute approximate surface area is 209 Å². The highest BCUT2D eigenvalue weighted by Gasteiger charge is 2.40. The summed E-state index contributed by atoms with van der Waals surface area (Å²) in [5.41, 5.74) is -0.146. The molecule has 1 rings (SSSR count). The van der Waals surface area contributed by atoms with E-state index in [1.807, 2.05) is 27.7 Å². The maximum absolute atomic E-state index is 13.8. The van der Waals surface area contributed by atoms with Crippen molar-refractivity contribution >= 4 is 0 Å². The lowest BCUT2D eigenvalue weighted by molar-refractivity contribution is -0.407. The highest BCUT2D eigenvalue weighted by Crippen LogP contribution is 2.33. The molecule has 3 nitrogen and oxygen atoms in total. The zero-order chi connectivity index (χ0) is 26.4. The van der Waals surface area contributed by atoms with Crippen molar-refractivity contribution in [1.29, 1.82) is 0 Å². The first kappa shape index (κ1) is 31.8. The van der Waals surface area contributed by atoms with Crippen LogP contribution in [0.5, 0.6) is 0 Å². The van der Waals surface area contributed by atoms with Gasteiger partial charge in [-0.25, -0.2) is 17.6 Å². The van der Waals surface area contributed by atoms with Crippen LogP contribution in [-0.4, -0.2) is 23.3 Å². The Hall–Kier alpha value is -1.18. The van der Waals surface area contributed by atoms with Gasteiger partial charge in [0.25, 0.3) is 5.97 Å². The summed E-state index contributed by atoms with van der Waals surface area (Å²) in [7, 11) is 0. The average molecular weight is 507 g/mol. The van der Waals surface area contributed by atoms with Gasteiger partial charge in [0.2, 0.25) is 0 Å². The van der Waals surface area contributed by atoms with Gasteiger partial charge in [0.05, 0.1) is 12.2 Å². The van der Waals surface area contributed by atoms with Gasteiger partial charge < -0.3 is 14.6 Å². The Morgan fingerprint density at radius 3 is 1.71 bits per heavy atom. The smallest absolute Gasteiger partial charge is 0.283 e. The minimum atomic E-state index is -1.78. The third kappa shape index (κ3) is 11.6. The Bertz CT molecular complexity index is 715. The molecule has 204 valence electrons. The van der Waals surface area contributed by atoms with Gasteiger partial charge in [-0.05, 0) is 65.0 Å². The van der Waals surface area contributed by atoms with E-state index in [1.54, 1.807) is 0 Å². The van der Waals surface area contributed by atoms with Crippen molar-refractivity contribution in [3.8, 4) is 0 Å². The van der Waals surface area contributed by atoms with Crippen molar-refractivity contribution in [3.05, 3.63) is 34.9 Å². The minimum absolute atomic E-state index is 0.137. The van der Waals surface area contributed by atoms with Crippen LogP contribution in [0.2, 0.25) is 0 Å². The van der Waals surface area contributed by atoms with E-state index in [-0.39, 0.29) is 30.1 Å². The van der Waals surface area contributed by atoms with Crippen molar-refractivity contribution in [3.63, 3.8) is 0 Å². The molecule has 0 fully saturated rings. The standard InChI is InChI=1S/C28H46F4O3/c1-6-7-8-9-10-14-17-23(28(33,34-20(2)3)35-21(4)5)18-15-12-11-13-16-22-19-24(29)26(31)27(32)25(22)30/h19-21,23,33H,6-18H2,1-5H3. The number of hydrogen-bond donors (Lipinski definition) is 1. The van der Waals surface area contributed by atoms with Crippen molar-refractivity contribution in [2.45, 2.75) is 136 Å². The van der Waals surface area contributed by atoms with Crippen LogP contribution in [0.25, 0.3) is 0 Å². The fourth-order valence-corrected chi connectivity index (χ4v) is 4.44. The van der Waals surface area contributed by atoms with E-state index in [4.69, 9.17) is 9.47 Å². The van der Waals surface area contributed by atoms with Crippen LogP contribution in [0.1, 0.15) is 117 Å². The Kier molecular flexibility index (Phi) is 15.1. The van der Waals surface area contributed by atoms with Crippen LogP contribution in [0, 0.1) is 29.2 Å². The van der Waals surface area contributed by atoms with Gasteiger partial charge in [0.1, 0.15) is 0 Å². The van der Waals surface area contributed by atoms with E-state index in [2.05, 4.69) is 6.92 Å². The molecule has 0 aliphatic rings. The zero-order valence-electron chi connectivity index (χ0n) is 22.3. The van der Waals surface area contributed by atoms with Gasteiger partial charge >= 0.3 is 0 Å². The summed E-state index contributed by atoms with van der Waals surface area (Å²) < 4.78 is 65.5. The third-order valence-electron chi connectivity index (χ3n) is 6.16. The third-order valence-corrected chi connectivity index (χ3v) is 6.16. The number of benzene rings is 1. The normalized spacial score (nSPS) is 13.3. The number of halogens is 4. The summed E-state index contributed by atoms with van der Waals surface area (Å²) in [6.07, 6.45) is 11.0. The topological polar surface area (TPSA) is 38.7 Å². The molecule has 0 saturated heterocycles. The second kappa shape index (κ2) is 16.5. The molecule has 1 aromatic carbocycles. The van der Waals surface area contributed by atoms with Crippen LogP contribution in [0.3, 0.4) is 0 Å². The van der Waals surface area contributed by atoms with Gasteiger partial charge in [-0.1, -0.05) is 64.7 Å². The van der Waals surface area contributed by atoms with Crippen molar-refractivity contribution in [1.82, 2.24) is 0 Å². The number of aliphatic hydroxyl groups is 1. The van der Waals surface area contributed by atoms with Crippen LogP contribution in [-0.2, 0) is 15.9 Å². The van der Waals surface area contributed by atoms with Gasteiger partial charge in [0, 0.05) is 5.92 Å². The Morgan fingerprint density at radius 1 is 0.714 bits per heavy atom.